The number of hydrogen-bond acceptors (Lipinski definition) is 6. The molecule has 7 nitrogen and oxygen atoms in total. The number of aromatic nitrogens is 2. The van der Waals surface area contributed by atoms with E-state index in [1.54, 1.807) is 6.20 Å². The fraction of sp³-hybridized carbons (Fsp3) is 0.737. The van der Waals surface area contributed by atoms with Gasteiger partial charge < -0.3 is 15.0 Å². The summed E-state index contributed by atoms with van der Waals surface area (Å²) in [6.07, 6.45) is 7.54. The zero-order valence-electron chi connectivity index (χ0n) is 15.3. The van der Waals surface area contributed by atoms with Gasteiger partial charge >= 0.3 is 0 Å². The molecule has 2 saturated heterocycles. The Hall–Kier alpha value is -1.73. The minimum atomic E-state index is -0.0890. The second-order valence-corrected chi connectivity index (χ2v) is 7.74. The number of anilines is 1. The Bertz CT molecular complexity index is 587. The van der Waals surface area contributed by atoms with Crippen molar-refractivity contribution >= 4 is 11.7 Å². The van der Waals surface area contributed by atoms with Crippen LogP contribution in [0.4, 0.5) is 5.82 Å². The Morgan fingerprint density at radius 1 is 1.23 bits per heavy atom. The van der Waals surface area contributed by atoms with Gasteiger partial charge in [0.25, 0.3) is 0 Å². The second-order valence-electron chi connectivity index (χ2n) is 7.74. The number of likely N-dealkylation sites (tertiary alicyclic amines) is 1. The summed E-state index contributed by atoms with van der Waals surface area (Å²) in [7, 11) is 0. The lowest BCUT2D eigenvalue weighted by atomic mass is 9.84. The number of morpholine rings is 1. The zero-order valence-corrected chi connectivity index (χ0v) is 15.3. The Labute approximate surface area is 155 Å². The number of nitrogens with one attached hydrogen (secondary N) is 1. The van der Waals surface area contributed by atoms with Crippen LogP contribution in [0, 0.1) is 5.92 Å². The molecular weight excluding hydrogens is 330 g/mol. The summed E-state index contributed by atoms with van der Waals surface area (Å²) in [5, 5.41) is 11.4. The molecule has 1 aliphatic carbocycles. The number of ether oxygens (including phenoxy) is 1. The SMILES string of the molecule is O=C([C@H]1COCCN1CC1CCC1)N1CCC(Nc2cccnn2)CC1. The summed E-state index contributed by atoms with van der Waals surface area (Å²) < 4.78 is 5.64. The first kappa shape index (κ1) is 17.7. The average molecular weight is 359 g/mol. The molecule has 0 bridgehead atoms. The van der Waals surface area contributed by atoms with Crippen LogP contribution in [-0.4, -0.2) is 77.4 Å². The highest BCUT2D eigenvalue weighted by Gasteiger charge is 2.36. The molecule has 3 heterocycles. The van der Waals surface area contributed by atoms with E-state index in [0.29, 0.717) is 12.6 Å². The van der Waals surface area contributed by atoms with Crippen molar-refractivity contribution in [2.45, 2.75) is 44.2 Å². The van der Waals surface area contributed by atoms with Crippen LogP contribution < -0.4 is 5.32 Å². The fourth-order valence-electron chi connectivity index (χ4n) is 4.13. The van der Waals surface area contributed by atoms with Crippen molar-refractivity contribution in [2.75, 3.05) is 44.7 Å². The van der Waals surface area contributed by atoms with Crippen LogP contribution >= 0.6 is 0 Å². The summed E-state index contributed by atoms with van der Waals surface area (Å²) in [5.74, 6) is 1.84. The van der Waals surface area contributed by atoms with Gasteiger partial charge in [0, 0.05) is 38.4 Å². The van der Waals surface area contributed by atoms with Gasteiger partial charge in [-0.25, -0.2) is 0 Å². The van der Waals surface area contributed by atoms with E-state index in [4.69, 9.17) is 4.74 Å². The minimum Gasteiger partial charge on any atom is -0.378 e. The number of nitrogens with zero attached hydrogens (tertiary/aromatic N) is 4. The molecule has 4 rings (SSSR count). The van der Waals surface area contributed by atoms with Gasteiger partial charge in [0.1, 0.15) is 11.9 Å². The molecule has 3 aliphatic rings. The van der Waals surface area contributed by atoms with Crippen molar-refractivity contribution in [3.8, 4) is 0 Å². The third-order valence-electron chi connectivity index (χ3n) is 5.97. The molecule has 7 heteroatoms. The first-order valence-electron chi connectivity index (χ1n) is 9.94. The molecule has 1 saturated carbocycles. The Kier molecular flexibility index (Phi) is 5.65. The second kappa shape index (κ2) is 8.31. The van der Waals surface area contributed by atoms with E-state index >= 15 is 0 Å². The van der Waals surface area contributed by atoms with Crippen LogP contribution in [0.15, 0.2) is 18.3 Å². The quantitative estimate of drug-likeness (QED) is 0.856. The molecule has 142 valence electrons. The van der Waals surface area contributed by atoms with Crippen LogP contribution in [0.1, 0.15) is 32.1 Å². The van der Waals surface area contributed by atoms with E-state index in [-0.39, 0.29) is 11.9 Å². The lowest BCUT2D eigenvalue weighted by Crippen LogP contribution is -2.57. The predicted octanol–water partition coefficient (Wildman–Crippen LogP) is 1.38. The number of hydrogen-bond donors (Lipinski definition) is 1. The summed E-state index contributed by atoms with van der Waals surface area (Å²) in [4.78, 5) is 17.5. The molecule has 0 radical (unpaired) electrons. The highest BCUT2D eigenvalue weighted by atomic mass is 16.5. The van der Waals surface area contributed by atoms with Crippen LogP contribution in [-0.2, 0) is 9.53 Å². The molecule has 1 N–H and O–H groups in total. The zero-order chi connectivity index (χ0) is 17.8. The van der Waals surface area contributed by atoms with Crippen LogP contribution in [0.2, 0.25) is 0 Å². The van der Waals surface area contributed by atoms with E-state index in [1.165, 1.54) is 19.3 Å². The third kappa shape index (κ3) is 4.15. The number of piperidine rings is 1. The van der Waals surface area contributed by atoms with Gasteiger partial charge in [-0.3, -0.25) is 9.69 Å². The number of carbonyl (C=O) groups excluding carboxylic acids is 1. The van der Waals surface area contributed by atoms with E-state index in [1.807, 2.05) is 17.0 Å². The standard InChI is InChI=1S/C19H29N5O2/c25-19(17-14-26-12-11-24(17)13-15-3-1-4-15)23-9-6-16(7-10-23)21-18-5-2-8-20-22-18/h2,5,8,15-17H,1,3-4,6-7,9-14H2,(H,21,22)/t17-/m1/s1. The largest absolute Gasteiger partial charge is 0.378 e. The molecule has 1 aromatic rings. The maximum absolute atomic E-state index is 13.1. The fourth-order valence-corrected chi connectivity index (χ4v) is 4.13. The lowest BCUT2D eigenvalue weighted by Gasteiger charge is -2.42. The van der Waals surface area contributed by atoms with E-state index in [9.17, 15) is 4.79 Å². The maximum Gasteiger partial charge on any atom is 0.242 e. The average Bonchev–Trinajstić information content (AvgIpc) is 2.66. The van der Waals surface area contributed by atoms with Crippen molar-refractivity contribution in [1.82, 2.24) is 20.0 Å². The molecule has 2 aliphatic heterocycles. The Balaban J connectivity index is 1.29. The van der Waals surface area contributed by atoms with Crippen LogP contribution in [0.5, 0.6) is 0 Å². The molecular formula is C19H29N5O2. The minimum absolute atomic E-state index is 0.0890. The van der Waals surface area contributed by atoms with Crippen molar-refractivity contribution in [3.05, 3.63) is 18.3 Å². The van der Waals surface area contributed by atoms with Crippen molar-refractivity contribution in [1.29, 1.82) is 0 Å². The highest BCUT2D eigenvalue weighted by molar-refractivity contribution is 5.82. The number of rotatable bonds is 5. The van der Waals surface area contributed by atoms with Gasteiger partial charge in [0.15, 0.2) is 0 Å². The van der Waals surface area contributed by atoms with Crippen molar-refractivity contribution in [2.24, 2.45) is 5.92 Å². The Morgan fingerprint density at radius 2 is 2.08 bits per heavy atom. The molecule has 1 amide bonds. The molecule has 0 spiro atoms. The van der Waals surface area contributed by atoms with Crippen molar-refractivity contribution < 1.29 is 9.53 Å². The van der Waals surface area contributed by atoms with Gasteiger partial charge in [-0.2, -0.15) is 5.10 Å². The molecule has 1 aromatic heterocycles. The monoisotopic (exact) mass is 359 g/mol. The normalized spacial score (nSPS) is 25.7. The Morgan fingerprint density at radius 3 is 2.77 bits per heavy atom. The van der Waals surface area contributed by atoms with Gasteiger partial charge in [-0.1, -0.05) is 6.42 Å². The number of carbonyl (C=O) groups is 1. The molecule has 0 aromatic carbocycles. The van der Waals surface area contributed by atoms with Gasteiger partial charge in [-0.05, 0) is 43.7 Å². The molecule has 26 heavy (non-hydrogen) atoms. The number of amides is 1. The molecule has 1 atom stereocenters. The van der Waals surface area contributed by atoms with E-state index < -0.39 is 0 Å². The summed E-state index contributed by atoms with van der Waals surface area (Å²) >= 11 is 0. The summed E-state index contributed by atoms with van der Waals surface area (Å²) in [6, 6.07) is 4.08. The van der Waals surface area contributed by atoms with Gasteiger partial charge in [0.2, 0.25) is 5.91 Å². The van der Waals surface area contributed by atoms with E-state index in [2.05, 4.69) is 20.4 Å². The lowest BCUT2D eigenvalue weighted by molar-refractivity contribution is -0.145. The van der Waals surface area contributed by atoms with E-state index in [0.717, 1.165) is 57.4 Å². The first-order chi connectivity index (χ1) is 12.8. The maximum atomic E-state index is 13.1. The van der Waals surface area contributed by atoms with Crippen molar-refractivity contribution in [3.63, 3.8) is 0 Å². The predicted molar refractivity (Wildman–Crippen MR) is 98.8 cm³/mol. The summed E-state index contributed by atoms with van der Waals surface area (Å²) in [5.41, 5.74) is 0. The van der Waals surface area contributed by atoms with Crippen LogP contribution in [0.25, 0.3) is 0 Å². The summed E-state index contributed by atoms with van der Waals surface area (Å²) in [6.45, 7) is 4.83. The van der Waals surface area contributed by atoms with Crippen LogP contribution in [0.3, 0.4) is 0 Å². The third-order valence-corrected chi connectivity index (χ3v) is 5.97. The smallest absolute Gasteiger partial charge is 0.242 e. The molecule has 0 unspecified atom stereocenters. The first-order valence-corrected chi connectivity index (χ1v) is 9.94. The van der Waals surface area contributed by atoms with Gasteiger partial charge in [0.05, 0.1) is 13.2 Å². The molecule has 3 fully saturated rings. The topological polar surface area (TPSA) is 70.6 Å². The highest BCUT2D eigenvalue weighted by Crippen LogP contribution is 2.28. The van der Waals surface area contributed by atoms with Gasteiger partial charge in [-0.15, -0.1) is 5.10 Å².